The summed E-state index contributed by atoms with van der Waals surface area (Å²) in [5.41, 5.74) is 3.93. The lowest BCUT2D eigenvalue weighted by molar-refractivity contribution is 0.0594. The van der Waals surface area contributed by atoms with Gasteiger partial charge in [-0.2, -0.15) is 0 Å². The fraction of sp³-hybridized carbons (Fsp3) is 0.261. The highest BCUT2D eigenvalue weighted by atomic mass is 16.2. The van der Waals surface area contributed by atoms with Crippen molar-refractivity contribution in [2.24, 2.45) is 0 Å². The van der Waals surface area contributed by atoms with E-state index in [1.165, 1.54) is 5.56 Å². The summed E-state index contributed by atoms with van der Waals surface area (Å²) in [5, 5.41) is 0. The first-order chi connectivity index (χ1) is 13.7. The van der Waals surface area contributed by atoms with E-state index in [9.17, 15) is 4.79 Å². The average Bonchev–Trinajstić information content (AvgIpc) is 2.75. The van der Waals surface area contributed by atoms with Crippen LogP contribution in [0.4, 0.5) is 0 Å². The molecule has 1 aliphatic heterocycles. The van der Waals surface area contributed by atoms with Crippen LogP contribution in [-0.4, -0.2) is 51.9 Å². The molecule has 0 bridgehead atoms. The zero-order chi connectivity index (χ0) is 19.3. The van der Waals surface area contributed by atoms with E-state index < -0.39 is 0 Å². The van der Waals surface area contributed by atoms with Crippen LogP contribution in [0, 0.1) is 6.92 Å². The number of amides is 1. The molecule has 5 nitrogen and oxygen atoms in total. The Balaban J connectivity index is 1.51. The molecule has 142 valence electrons. The normalized spacial score (nSPS) is 16.0. The Morgan fingerprint density at radius 3 is 2.39 bits per heavy atom. The molecule has 28 heavy (non-hydrogen) atoms. The van der Waals surface area contributed by atoms with Crippen molar-refractivity contribution in [3.8, 4) is 0 Å². The van der Waals surface area contributed by atoms with Crippen molar-refractivity contribution >= 4 is 5.91 Å². The summed E-state index contributed by atoms with van der Waals surface area (Å²) >= 11 is 0. The smallest absolute Gasteiger partial charge is 0.255 e. The summed E-state index contributed by atoms with van der Waals surface area (Å²) in [7, 11) is 0. The van der Waals surface area contributed by atoms with Gasteiger partial charge in [-0.25, -0.2) is 0 Å². The first-order valence-electron chi connectivity index (χ1n) is 9.63. The van der Waals surface area contributed by atoms with Gasteiger partial charge in [0.25, 0.3) is 5.91 Å². The van der Waals surface area contributed by atoms with Gasteiger partial charge in [0, 0.05) is 44.8 Å². The predicted octanol–water partition coefficient (Wildman–Crippen LogP) is 3.33. The predicted molar refractivity (Wildman–Crippen MR) is 109 cm³/mol. The number of hydrogen-bond donors (Lipinski definition) is 0. The average molecular weight is 372 g/mol. The van der Waals surface area contributed by atoms with Crippen molar-refractivity contribution in [2.75, 3.05) is 26.2 Å². The quantitative estimate of drug-likeness (QED) is 0.705. The van der Waals surface area contributed by atoms with Crippen LogP contribution in [0.15, 0.2) is 73.2 Å². The summed E-state index contributed by atoms with van der Waals surface area (Å²) in [4.78, 5) is 25.9. The number of carbonyl (C=O) groups is 1. The standard InChI is InChI=1S/C23H24N4O/c1-18-15-20(17-24-16-18)23(28)27-13-11-26(12-14-27)22(19-7-3-2-4-8-19)21-9-5-6-10-25-21/h2-10,15-17,22H,11-14H2,1H3. The van der Waals surface area contributed by atoms with E-state index in [1.54, 1.807) is 12.4 Å². The molecule has 5 heteroatoms. The molecular formula is C23H24N4O. The Hall–Kier alpha value is -3.05. The van der Waals surface area contributed by atoms with Crippen LogP contribution < -0.4 is 0 Å². The molecule has 1 aliphatic rings. The highest BCUT2D eigenvalue weighted by Crippen LogP contribution is 2.28. The summed E-state index contributed by atoms with van der Waals surface area (Å²) in [6.07, 6.45) is 5.27. The molecule has 1 aromatic carbocycles. The third kappa shape index (κ3) is 3.94. The first kappa shape index (κ1) is 18.3. The fourth-order valence-corrected chi connectivity index (χ4v) is 3.78. The number of hydrogen-bond acceptors (Lipinski definition) is 4. The van der Waals surface area contributed by atoms with Crippen molar-refractivity contribution in [1.29, 1.82) is 0 Å². The van der Waals surface area contributed by atoms with E-state index in [0.717, 1.165) is 24.3 Å². The molecule has 0 spiro atoms. The lowest BCUT2D eigenvalue weighted by Gasteiger charge is -2.39. The lowest BCUT2D eigenvalue weighted by atomic mass is 10.0. The SMILES string of the molecule is Cc1cncc(C(=O)N2CCN(C(c3ccccc3)c3ccccn3)CC2)c1. The van der Waals surface area contributed by atoms with Crippen LogP contribution in [0.25, 0.3) is 0 Å². The molecule has 4 rings (SSSR count). The van der Waals surface area contributed by atoms with Gasteiger partial charge >= 0.3 is 0 Å². The molecule has 0 saturated carbocycles. The van der Waals surface area contributed by atoms with Gasteiger partial charge in [-0.15, -0.1) is 0 Å². The molecule has 0 radical (unpaired) electrons. The van der Waals surface area contributed by atoms with E-state index in [0.29, 0.717) is 18.7 Å². The first-order valence-corrected chi connectivity index (χ1v) is 9.63. The second-order valence-electron chi connectivity index (χ2n) is 7.15. The molecular weight excluding hydrogens is 348 g/mol. The summed E-state index contributed by atoms with van der Waals surface area (Å²) in [5.74, 6) is 0.0601. The van der Waals surface area contributed by atoms with Gasteiger partial charge < -0.3 is 4.90 Å². The third-order valence-electron chi connectivity index (χ3n) is 5.17. The van der Waals surface area contributed by atoms with Crippen molar-refractivity contribution in [2.45, 2.75) is 13.0 Å². The maximum Gasteiger partial charge on any atom is 0.255 e. The monoisotopic (exact) mass is 372 g/mol. The molecule has 1 amide bonds. The molecule has 1 fully saturated rings. The Labute approximate surface area is 165 Å². The van der Waals surface area contributed by atoms with Crippen molar-refractivity contribution < 1.29 is 4.79 Å². The minimum atomic E-state index is 0.0601. The molecule has 3 aromatic rings. The van der Waals surface area contributed by atoms with Crippen LogP contribution >= 0.6 is 0 Å². The number of aromatic nitrogens is 2. The number of rotatable bonds is 4. The Morgan fingerprint density at radius 2 is 1.71 bits per heavy atom. The molecule has 1 atom stereocenters. The van der Waals surface area contributed by atoms with Gasteiger partial charge in [0.1, 0.15) is 0 Å². The van der Waals surface area contributed by atoms with Crippen LogP contribution in [0.5, 0.6) is 0 Å². The Morgan fingerprint density at radius 1 is 0.964 bits per heavy atom. The fourth-order valence-electron chi connectivity index (χ4n) is 3.78. The van der Waals surface area contributed by atoms with Gasteiger partial charge in [-0.1, -0.05) is 36.4 Å². The van der Waals surface area contributed by atoms with Gasteiger partial charge in [-0.3, -0.25) is 19.7 Å². The Kier molecular flexibility index (Phi) is 5.44. The molecule has 2 aromatic heterocycles. The highest BCUT2D eigenvalue weighted by Gasteiger charge is 2.29. The zero-order valence-electron chi connectivity index (χ0n) is 16.0. The minimum absolute atomic E-state index is 0.0601. The largest absolute Gasteiger partial charge is 0.336 e. The number of piperazine rings is 1. The summed E-state index contributed by atoms with van der Waals surface area (Å²) in [6.45, 7) is 4.97. The van der Waals surface area contributed by atoms with Crippen LogP contribution in [0.3, 0.4) is 0 Å². The van der Waals surface area contributed by atoms with Crippen molar-refractivity contribution in [3.05, 3.63) is 95.6 Å². The third-order valence-corrected chi connectivity index (χ3v) is 5.17. The van der Waals surface area contributed by atoms with Crippen LogP contribution in [0.1, 0.15) is 33.2 Å². The maximum absolute atomic E-state index is 12.8. The molecule has 0 N–H and O–H groups in total. The zero-order valence-corrected chi connectivity index (χ0v) is 16.0. The molecule has 1 unspecified atom stereocenters. The van der Waals surface area contributed by atoms with E-state index in [4.69, 9.17) is 0 Å². The summed E-state index contributed by atoms with van der Waals surface area (Å²) in [6, 6.07) is 18.5. The van der Waals surface area contributed by atoms with Crippen molar-refractivity contribution in [1.82, 2.24) is 19.8 Å². The van der Waals surface area contributed by atoms with Crippen molar-refractivity contribution in [3.63, 3.8) is 0 Å². The van der Waals surface area contributed by atoms with Crippen LogP contribution in [-0.2, 0) is 0 Å². The van der Waals surface area contributed by atoms with E-state index >= 15 is 0 Å². The van der Waals surface area contributed by atoms with Gasteiger partial charge in [0.2, 0.25) is 0 Å². The van der Waals surface area contributed by atoms with E-state index in [-0.39, 0.29) is 11.9 Å². The minimum Gasteiger partial charge on any atom is -0.336 e. The highest BCUT2D eigenvalue weighted by molar-refractivity contribution is 5.94. The van der Waals surface area contributed by atoms with Gasteiger partial charge in [-0.05, 0) is 36.2 Å². The molecule has 3 heterocycles. The number of carbonyl (C=O) groups excluding carboxylic acids is 1. The number of pyridine rings is 2. The van der Waals surface area contributed by atoms with Gasteiger partial charge in [0.15, 0.2) is 0 Å². The molecule has 0 aliphatic carbocycles. The van der Waals surface area contributed by atoms with Gasteiger partial charge in [0.05, 0.1) is 17.3 Å². The topological polar surface area (TPSA) is 49.3 Å². The molecule has 1 saturated heterocycles. The number of benzene rings is 1. The summed E-state index contributed by atoms with van der Waals surface area (Å²) < 4.78 is 0. The van der Waals surface area contributed by atoms with E-state index in [1.807, 2.05) is 42.3 Å². The van der Waals surface area contributed by atoms with E-state index in [2.05, 4.69) is 45.2 Å². The lowest BCUT2D eigenvalue weighted by Crippen LogP contribution is -2.50. The second kappa shape index (κ2) is 8.31. The second-order valence-corrected chi connectivity index (χ2v) is 7.15. The number of aryl methyl sites for hydroxylation is 1. The Bertz CT molecular complexity index is 882. The van der Waals surface area contributed by atoms with Crippen LogP contribution in [0.2, 0.25) is 0 Å². The maximum atomic E-state index is 12.8. The number of nitrogens with zero attached hydrogens (tertiary/aromatic N) is 4.